The molecule has 5 rings (SSSR count). The van der Waals surface area contributed by atoms with Crippen molar-refractivity contribution in [2.24, 2.45) is 11.3 Å². The molecule has 2 heterocycles. The van der Waals surface area contributed by atoms with Crippen LogP contribution in [0.3, 0.4) is 0 Å². The van der Waals surface area contributed by atoms with E-state index in [9.17, 15) is 4.79 Å². The van der Waals surface area contributed by atoms with Crippen LogP contribution in [0.4, 0.5) is 4.79 Å². The number of hydrogen-bond acceptors (Lipinski definition) is 4. The molecule has 2 amide bonds. The molecule has 7 heteroatoms. The van der Waals surface area contributed by atoms with Gasteiger partial charge in [0.05, 0.1) is 7.11 Å². The topological polar surface area (TPSA) is 76.1 Å². The van der Waals surface area contributed by atoms with E-state index in [1.165, 1.54) is 18.4 Å². The minimum atomic E-state index is -0.0720. The Bertz CT molecular complexity index is 1100. The first-order valence-corrected chi connectivity index (χ1v) is 13.3. The maximum atomic E-state index is 12.1. The van der Waals surface area contributed by atoms with Crippen molar-refractivity contribution in [2.75, 3.05) is 7.11 Å². The van der Waals surface area contributed by atoms with Gasteiger partial charge in [0.1, 0.15) is 5.75 Å². The van der Waals surface area contributed by atoms with E-state index in [0.717, 1.165) is 52.4 Å². The summed E-state index contributed by atoms with van der Waals surface area (Å²) in [4.78, 5) is 20.6. The highest BCUT2D eigenvalue weighted by Crippen LogP contribution is 2.59. The number of benzene rings is 1. The van der Waals surface area contributed by atoms with Gasteiger partial charge in [-0.25, -0.2) is 4.79 Å². The van der Waals surface area contributed by atoms with Crippen LogP contribution in [-0.4, -0.2) is 29.2 Å². The smallest absolute Gasteiger partial charge is 0.315 e. The normalized spacial score (nSPS) is 21.9. The van der Waals surface area contributed by atoms with Gasteiger partial charge in [-0.15, -0.1) is 0 Å². The third kappa shape index (κ3) is 7.29. The van der Waals surface area contributed by atoms with Crippen LogP contribution in [0, 0.1) is 25.2 Å². The van der Waals surface area contributed by atoms with Gasteiger partial charge >= 0.3 is 6.03 Å². The van der Waals surface area contributed by atoms with E-state index in [-0.39, 0.29) is 6.03 Å². The zero-order valence-electron chi connectivity index (χ0n) is 21.3. The van der Waals surface area contributed by atoms with Crippen molar-refractivity contribution in [1.29, 1.82) is 0 Å². The fraction of sp³-hybridized carbons (Fsp3) is 0.414. The highest BCUT2D eigenvalue weighted by atomic mass is 79.9. The van der Waals surface area contributed by atoms with Crippen molar-refractivity contribution in [2.45, 2.75) is 58.5 Å². The van der Waals surface area contributed by atoms with Crippen LogP contribution in [0.5, 0.6) is 5.75 Å². The first-order chi connectivity index (χ1) is 17.3. The fourth-order valence-electron chi connectivity index (χ4n) is 5.29. The van der Waals surface area contributed by atoms with Gasteiger partial charge in [-0.05, 0) is 115 Å². The molecule has 36 heavy (non-hydrogen) atoms. The summed E-state index contributed by atoms with van der Waals surface area (Å²) in [5.74, 6) is 1.60. The summed E-state index contributed by atoms with van der Waals surface area (Å²) in [7, 11) is 1.65. The third-order valence-corrected chi connectivity index (χ3v) is 7.59. The van der Waals surface area contributed by atoms with Gasteiger partial charge in [0.2, 0.25) is 0 Å². The van der Waals surface area contributed by atoms with Gasteiger partial charge in [-0.1, -0.05) is 18.2 Å². The summed E-state index contributed by atoms with van der Waals surface area (Å²) < 4.78 is 6.18. The quantitative estimate of drug-likeness (QED) is 0.385. The lowest BCUT2D eigenvalue weighted by Crippen LogP contribution is -2.57. The molecule has 0 saturated heterocycles. The molecule has 2 aromatic heterocycles. The van der Waals surface area contributed by atoms with Gasteiger partial charge < -0.3 is 15.4 Å². The first-order valence-electron chi connectivity index (χ1n) is 12.5. The van der Waals surface area contributed by atoms with Crippen molar-refractivity contribution in [1.82, 2.24) is 20.6 Å². The van der Waals surface area contributed by atoms with Crippen LogP contribution in [0.1, 0.15) is 48.2 Å². The molecule has 6 nitrogen and oxygen atoms in total. The van der Waals surface area contributed by atoms with Gasteiger partial charge in [0.25, 0.3) is 0 Å². The molecule has 2 N–H and O–H groups in total. The lowest BCUT2D eigenvalue weighted by molar-refractivity contribution is -0.0454. The Morgan fingerprint density at radius 1 is 0.944 bits per heavy atom. The second-order valence-electron chi connectivity index (χ2n) is 10.2. The minimum absolute atomic E-state index is 0.0720. The van der Waals surface area contributed by atoms with Crippen LogP contribution in [0.15, 0.2) is 65.4 Å². The number of aryl methyl sites for hydroxylation is 2. The van der Waals surface area contributed by atoms with Crippen molar-refractivity contribution >= 4 is 22.0 Å². The molecule has 2 aliphatic carbocycles. The predicted octanol–water partition coefficient (Wildman–Crippen LogP) is 6.15. The van der Waals surface area contributed by atoms with E-state index < -0.39 is 0 Å². The van der Waals surface area contributed by atoms with E-state index >= 15 is 0 Å². The summed E-state index contributed by atoms with van der Waals surface area (Å²) in [5.41, 5.74) is 5.02. The third-order valence-electron chi connectivity index (χ3n) is 7.12. The Balaban J connectivity index is 0.000000325. The summed E-state index contributed by atoms with van der Waals surface area (Å²) in [6, 6.07) is 16.2. The predicted molar refractivity (Wildman–Crippen MR) is 146 cm³/mol. The maximum Gasteiger partial charge on any atom is 0.315 e. The first kappa shape index (κ1) is 26.1. The molecule has 0 aliphatic heterocycles. The number of nitrogens with zero attached hydrogens (tertiary/aromatic N) is 2. The van der Waals surface area contributed by atoms with E-state index in [1.807, 2.05) is 56.4 Å². The summed E-state index contributed by atoms with van der Waals surface area (Å²) in [6.45, 7) is 4.52. The number of pyridine rings is 2. The SMILES string of the molecule is COc1ccc(CNC(=O)NC2CC3(CC(Cc4ccc(C)nc4)C3)C2)cc1.Cc1ccc(Br)cn1. The van der Waals surface area contributed by atoms with Crippen molar-refractivity contribution < 1.29 is 9.53 Å². The van der Waals surface area contributed by atoms with Crippen molar-refractivity contribution in [3.05, 3.63) is 87.9 Å². The number of methoxy groups -OCH3 is 1. The van der Waals surface area contributed by atoms with Crippen LogP contribution >= 0.6 is 15.9 Å². The largest absolute Gasteiger partial charge is 0.497 e. The number of nitrogens with one attached hydrogen (secondary N) is 2. The zero-order valence-corrected chi connectivity index (χ0v) is 22.8. The highest BCUT2D eigenvalue weighted by Gasteiger charge is 2.52. The number of halogens is 1. The van der Waals surface area contributed by atoms with Crippen LogP contribution < -0.4 is 15.4 Å². The number of carbonyl (C=O) groups is 1. The van der Waals surface area contributed by atoms with E-state index in [2.05, 4.69) is 48.7 Å². The number of urea groups is 1. The van der Waals surface area contributed by atoms with E-state index in [1.54, 1.807) is 13.3 Å². The molecular formula is C29H35BrN4O2. The second-order valence-corrected chi connectivity index (χ2v) is 11.1. The molecule has 0 radical (unpaired) electrons. The van der Waals surface area contributed by atoms with Crippen molar-refractivity contribution in [3.8, 4) is 5.75 Å². The fourth-order valence-corrected chi connectivity index (χ4v) is 5.53. The zero-order chi connectivity index (χ0) is 25.5. The Labute approximate surface area is 222 Å². The lowest BCUT2D eigenvalue weighted by Gasteiger charge is -2.58. The standard InChI is InChI=1S/C23H29N3O2.C6H6BrN/c1-16-3-4-18(15-24-16)9-19-10-23(11-19)12-20(13-23)26-22(27)25-14-17-5-7-21(28-2)8-6-17;1-5-2-3-6(7)4-8-5/h3-8,15,19-20H,9-14H2,1-2H3,(H2,25,26,27);2-4H,1H3. The molecule has 0 unspecified atom stereocenters. The monoisotopic (exact) mass is 550 g/mol. The second kappa shape index (κ2) is 11.9. The number of rotatable bonds is 6. The number of carbonyl (C=O) groups excluding carboxylic acids is 1. The number of hydrogen-bond donors (Lipinski definition) is 2. The molecule has 1 spiro atoms. The Morgan fingerprint density at radius 2 is 1.58 bits per heavy atom. The average molecular weight is 552 g/mol. The highest BCUT2D eigenvalue weighted by molar-refractivity contribution is 9.10. The molecule has 2 fully saturated rings. The van der Waals surface area contributed by atoms with Gasteiger partial charge in [-0.2, -0.15) is 0 Å². The van der Waals surface area contributed by atoms with E-state index in [4.69, 9.17) is 4.74 Å². The molecule has 0 atom stereocenters. The number of ether oxygens (including phenoxy) is 1. The summed E-state index contributed by atoms with van der Waals surface area (Å²) in [5, 5.41) is 6.07. The molecule has 190 valence electrons. The van der Waals surface area contributed by atoms with Gasteiger partial charge in [0, 0.05) is 40.8 Å². The van der Waals surface area contributed by atoms with Crippen LogP contribution in [0.25, 0.3) is 0 Å². The van der Waals surface area contributed by atoms with Crippen molar-refractivity contribution in [3.63, 3.8) is 0 Å². The van der Waals surface area contributed by atoms with E-state index in [0.29, 0.717) is 18.0 Å². The molecular weight excluding hydrogens is 516 g/mol. The number of amides is 2. The van der Waals surface area contributed by atoms with Crippen LogP contribution in [-0.2, 0) is 13.0 Å². The molecule has 3 aromatic rings. The minimum Gasteiger partial charge on any atom is -0.497 e. The average Bonchev–Trinajstić information content (AvgIpc) is 2.84. The molecule has 1 aromatic carbocycles. The molecule has 2 saturated carbocycles. The Morgan fingerprint density at radius 3 is 2.14 bits per heavy atom. The number of aromatic nitrogens is 2. The maximum absolute atomic E-state index is 12.1. The lowest BCUT2D eigenvalue weighted by atomic mass is 9.49. The Hall–Kier alpha value is -2.93. The summed E-state index contributed by atoms with van der Waals surface area (Å²) >= 11 is 3.28. The van der Waals surface area contributed by atoms with Gasteiger partial charge in [-0.3, -0.25) is 9.97 Å². The summed E-state index contributed by atoms with van der Waals surface area (Å²) in [6.07, 6.45) is 9.74. The molecule has 2 aliphatic rings. The Kier molecular flexibility index (Phi) is 8.62. The molecule has 0 bridgehead atoms. The van der Waals surface area contributed by atoms with Crippen LogP contribution in [0.2, 0.25) is 0 Å². The van der Waals surface area contributed by atoms with Gasteiger partial charge in [0.15, 0.2) is 0 Å².